The van der Waals surface area contributed by atoms with Gasteiger partial charge in [-0.25, -0.2) is 4.79 Å². The van der Waals surface area contributed by atoms with Gasteiger partial charge in [-0.2, -0.15) is 5.10 Å². The first kappa shape index (κ1) is 30.5. The van der Waals surface area contributed by atoms with Gasteiger partial charge in [-0.05, 0) is 83.5 Å². The number of hydrogen-bond acceptors (Lipinski definition) is 8. The Labute approximate surface area is 248 Å². The summed E-state index contributed by atoms with van der Waals surface area (Å²) in [7, 11) is 1.57. The minimum absolute atomic E-state index is 0.0455. The van der Waals surface area contributed by atoms with Gasteiger partial charge in [0.05, 0.1) is 23.1 Å². The molecule has 232 valence electrons. The molecular weight excluding hydrogens is 538 g/mol. The van der Waals surface area contributed by atoms with Gasteiger partial charge in [-0.3, -0.25) is 14.8 Å². The van der Waals surface area contributed by atoms with Crippen LogP contribution in [0.3, 0.4) is 0 Å². The number of carbonyl (C=O) groups is 1. The summed E-state index contributed by atoms with van der Waals surface area (Å²) in [5.74, 6) is 0.966. The summed E-state index contributed by atoms with van der Waals surface area (Å²) in [4.78, 5) is 28.2. The highest BCUT2D eigenvalue weighted by atomic mass is 16.6. The first-order valence-electron chi connectivity index (χ1n) is 15.5. The molecule has 0 atom stereocenters. The first-order valence-corrected chi connectivity index (χ1v) is 15.5. The molecule has 42 heavy (non-hydrogen) atoms. The van der Waals surface area contributed by atoms with Gasteiger partial charge in [-0.15, -0.1) is 0 Å². The molecule has 11 heteroatoms. The number of piperidine rings is 2. The molecule has 2 aliphatic heterocycles. The van der Waals surface area contributed by atoms with E-state index < -0.39 is 10.5 Å². The fourth-order valence-electron chi connectivity index (χ4n) is 6.93. The van der Waals surface area contributed by atoms with Crippen molar-refractivity contribution < 1.29 is 23.9 Å². The number of ether oxygens (including phenoxy) is 3. The summed E-state index contributed by atoms with van der Waals surface area (Å²) in [5.41, 5.74) is 0.616. The van der Waals surface area contributed by atoms with Crippen LogP contribution in [0.2, 0.25) is 0 Å². The number of amides is 1. The van der Waals surface area contributed by atoms with Crippen LogP contribution in [0.1, 0.15) is 78.2 Å². The Morgan fingerprint density at radius 3 is 2.36 bits per heavy atom. The van der Waals surface area contributed by atoms with E-state index in [2.05, 4.69) is 4.90 Å². The number of hydrogen-bond donors (Lipinski definition) is 0. The topological polar surface area (TPSA) is 112 Å². The number of methoxy groups -OCH3 is 1. The van der Waals surface area contributed by atoms with Gasteiger partial charge >= 0.3 is 11.8 Å². The number of fused-ring (bicyclic) bond motifs is 1. The Bertz CT molecular complexity index is 1230. The summed E-state index contributed by atoms with van der Waals surface area (Å²) in [6.07, 6.45) is 11.0. The third kappa shape index (κ3) is 7.34. The van der Waals surface area contributed by atoms with Crippen molar-refractivity contribution in [3.8, 4) is 5.75 Å². The number of rotatable bonds is 8. The van der Waals surface area contributed by atoms with E-state index >= 15 is 0 Å². The lowest BCUT2D eigenvalue weighted by Gasteiger charge is -2.46. The minimum atomic E-state index is -0.446. The number of carbonyl (C=O) groups excluding carboxylic acids is 1. The van der Waals surface area contributed by atoms with Gasteiger partial charge in [0, 0.05) is 63.5 Å². The number of benzene rings is 1. The Kier molecular flexibility index (Phi) is 9.27. The van der Waals surface area contributed by atoms with Gasteiger partial charge in [-0.1, -0.05) is 0 Å². The summed E-state index contributed by atoms with van der Waals surface area (Å²) in [5, 5.41) is 17.2. The Hall–Kier alpha value is -2.92. The van der Waals surface area contributed by atoms with E-state index in [-0.39, 0.29) is 30.2 Å². The predicted molar refractivity (Wildman–Crippen MR) is 160 cm³/mol. The van der Waals surface area contributed by atoms with Crippen LogP contribution in [0.15, 0.2) is 18.3 Å². The molecule has 1 aliphatic carbocycles. The third-order valence-electron chi connectivity index (χ3n) is 9.43. The quantitative estimate of drug-likeness (QED) is 0.217. The molecule has 1 saturated carbocycles. The fraction of sp³-hybridized carbons (Fsp3) is 0.742. The smallest absolute Gasteiger partial charge is 0.410 e. The third-order valence-corrected chi connectivity index (χ3v) is 9.43. The van der Waals surface area contributed by atoms with E-state index in [1.54, 1.807) is 19.2 Å². The standard InChI is InChI=1S/C31H47N5O6/c1-30(2,3)42-29(37)34-15-11-31(12-16-34)9-5-23(6-10-31)21-33-13-7-25(8-14-33)35-22-24-19-27(36(38)39)28(20-26(24)32-35)41-18-17-40-4/h19-20,22-23,25H,5-18,21H2,1-4H3. The number of likely N-dealkylation sites (tertiary alicyclic amines) is 2. The van der Waals surface area contributed by atoms with E-state index in [9.17, 15) is 14.9 Å². The van der Waals surface area contributed by atoms with Gasteiger partial charge in [0.25, 0.3) is 0 Å². The number of nitro groups is 1. The van der Waals surface area contributed by atoms with Crippen molar-refractivity contribution in [3.63, 3.8) is 0 Å². The molecule has 0 radical (unpaired) electrons. The molecule has 1 aromatic heterocycles. The Balaban J connectivity index is 1.09. The normalized spacial score (nSPS) is 20.7. The molecule has 2 aromatic rings. The summed E-state index contributed by atoms with van der Waals surface area (Å²) in [6, 6.07) is 3.52. The molecule has 11 nitrogen and oxygen atoms in total. The van der Waals surface area contributed by atoms with Crippen molar-refractivity contribution >= 4 is 22.7 Å². The molecule has 0 N–H and O–H groups in total. The van der Waals surface area contributed by atoms with Crippen molar-refractivity contribution in [2.45, 2.75) is 83.8 Å². The lowest BCUT2D eigenvalue weighted by Crippen LogP contribution is -2.47. The van der Waals surface area contributed by atoms with Crippen LogP contribution in [0.5, 0.6) is 5.75 Å². The molecule has 3 fully saturated rings. The van der Waals surface area contributed by atoms with Gasteiger partial charge in [0.2, 0.25) is 0 Å². The van der Waals surface area contributed by atoms with Crippen LogP contribution in [-0.2, 0) is 9.47 Å². The van der Waals surface area contributed by atoms with Crippen molar-refractivity contribution in [2.24, 2.45) is 11.3 Å². The number of aromatic nitrogens is 2. The van der Waals surface area contributed by atoms with E-state index in [0.29, 0.717) is 17.5 Å². The van der Waals surface area contributed by atoms with Crippen LogP contribution in [-0.4, -0.2) is 89.2 Å². The maximum absolute atomic E-state index is 12.5. The van der Waals surface area contributed by atoms with E-state index in [0.717, 1.165) is 69.7 Å². The molecule has 1 spiro atoms. The van der Waals surface area contributed by atoms with Gasteiger partial charge < -0.3 is 24.0 Å². The fourth-order valence-corrected chi connectivity index (χ4v) is 6.93. The summed E-state index contributed by atoms with van der Waals surface area (Å²) in [6.45, 7) is 11.2. The molecule has 3 aliphatic rings. The molecule has 0 bridgehead atoms. The van der Waals surface area contributed by atoms with Crippen LogP contribution >= 0.6 is 0 Å². The zero-order valence-electron chi connectivity index (χ0n) is 25.7. The van der Waals surface area contributed by atoms with Crippen molar-refractivity contribution in [1.82, 2.24) is 19.6 Å². The molecule has 1 amide bonds. The average molecular weight is 586 g/mol. The van der Waals surface area contributed by atoms with Crippen molar-refractivity contribution in [2.75, 3.05) is 53.0 Å². The summed E-state index contributed by atoms with van der Waals surface area (Å²) < 4.78 is 18.2. The minimum Gasteiger partial charge on any atom is -0.484 e. The second-order valence-corrected chi connectivity index (χ2v) is 13.5. The van der Waals surface area contributed by atoms with Crippen LogP contribution in [0.4, 0.5) is 10.5 Å². The predicted octanol–water partition coefficient (Wildman–Crippen LogP) is 5.81. The second kappa shape index (κ2) is 12.8. The lowest BCUT2D eigenvalue weighted by atomic mass is 9.65. The van der Waals surface area contributed by atoms with Gasteiger partial charge in [0.1, 0.15) is 12.2 Å². The Morgan fingerprint density at radius 2 is 1.74 bits per heavy atom. The van der Waals surface area contributed by atoms with E-state index in [4.69, 9.17) is 19.3 Å². The number of nitrogens with zero attached hydrogens (tertiary/aromatic N) is 5. The van der Waals surface area contributed by atoms with Crippen molar-refractivity contribution in [3.05, 3.63) is 28.4 Å². The SMILES string of the molecule is COCCOc1cc2nn(C3CCN(CC4CCC5(CC4)CCN(C(=O)OC(C)(C)C)CC5)CC3)cc2cc1[N+](=O)[O-]. The molecule has 1 aromatic carbocycles. The molecule has 5 rings (SSSR count). The monoisotopic (exact) mass is 585 g/mol. The van der Waals surface area contributed by atoms with Crippen LogP contribution in [0, 0.1) is 21.4 Å². The van der Waals surface area contributed by atoms with Gasteiger partial charge in [0.15, 0.2) is 5.75 Å². The van der Waals surface area contributed by atoms with Crippen LogP contribution in [0.25, 0.3) is 10.9 Å². The molecule has 3 heterocycles. The van der Waals surface area contributed by atoms with Crippen molar-refractivity contribution in [1.29, 1.82) is 0 Å². The summed E-state index contributed by atoms with van der Waals surface area (Å²) >= 11 is 0. The van der Waals surface area contributed by atoms with E-state index in [1.165, 1.54) is 25.7 Å². The molecule has 0 unspecified atom stereocenters. The highest BCUT2D eigenvalue weighted by Crippen LogP contribution is 2.46. The zero-order valence-corrected chi connectivity index (χ0v) is 25.7. The average Bonchev–Trinajstić information content (AvgIpc) is 3.37. The zero-order chi connectivity index (χ0) is 29.9. The second-order valence-electron chi connectivity index (χ2n) is 13.5. The van der Waals surface area contributed by atoms with E-state index in [1.807, 2.05) is 36.5 Å². The maximum atomic E-state index is 12.5. The van der Waals surface area contributed by atoms with Crippen LogP contribution < -0.4 is 4.74 Å². The molecule has 2 saturated heterocycles. The Morgan fingerprint density at radius 1 is 1.05 bits per heavy atom. The maximum Gasteiger partial charge on any atom is 0.410 e. The number of nitro benzene ring substituents is 1. The first-order chi connectivity index (χ1) is 20.0. The highest BCUT2D eigenvalue weighted by Gasteiger charge is 2.40. The molecular formula is C31H47N5O6. The highest BCUT2D eigenvalue weighted by molar-refractivity contribution is 5.83. The largest absolute Gasteiger partial charge is 0.484 e. The lowest BCUT2D eigenvalue weighted by molar-refractivity contribution is -0.385.